The van der Waals surface area contributed by atoms with Crippen molar-refractivity contribution in [2.45, 2.75) is 10.3 Å². The zero-order valence-electron chi connectivity index (χ0n) is 28.6. The number of nitrogens with zero attached hydrogens (tertiary/aromatic N) is 2. The van der Waals surface area contributed by atoms with E-state index in [1.54, 1.807) is 0 Å². The van der Waals surface area contributed by atoms with Crippen LogP contribution in [0.3, 0.4) is 0 Å². The normalized spacial score (nSPS) is 12.5. The van der Waals surface area contributed by atoms with Gasteiger partial charge in [0.2, 0.25) is 0 Å². The lowest BCUT2D eigenvalue weighted by molar-refractivity contribution is 0.669. The summed E-state index contributed by atoms with van der Waals surface area (Å²) < 4.78 is 8.74. The number of aromatic nitrogens is 2. The maximum atomic E-state index is 6.36. The fourth-order valence-electron chi connectivity index (χ4n) is 7.56. The van der Waals surface area contributed by atoms with Crippen molar-refractivity contribution in [1.82, 2.24) is 9.55 Å². The number of hydrogen-bond acceptors (Lipinski definition) is 2. The van der Waals surface area contributed by atoms with Crippen molar-refractivity contribution < 1.29 is 4.42 Å². The Morgan fingerprint density at radius 1 is 0.531 bits per heavy atom. The molecule has 0 radical (unpaired) electrons. The van der Waals surface area contributed by atoms with Crippen LogP contribution < -0.4 is 0 Å². The molecule has 0 aliphatic carbocycles. The predicted molar refractivity (Wildman–Crippen MR) is 221 cm³/mol. The van der Waals surface area contributed by atoms with E-state index in [1.165, 1.54) is 43.8 Å². The summed E-state index contributed by atoms with van der Waals surface area (Å²) in [5, 5.41) is 7.00. The lowest BCUT2D eigenvalue weighted by Gasteiger charge is -2.39. The molecule has 49 heavy (non-hydrogen) atoms. The number of para-hydroxylation sites is 3. The first-order valence-corrected chi connectivity index (χ1v) is 17.2. The number of imidazole rings is 1. The maximum Gasteiger partial charge on any atom is 0.136 e. The Labute approximate surface area is 290 Å². The third-order valence-electron chi connectivity index (χ3n) is 11.0. The van der Waals surface area contributed by atoms with Crippen molar-refractivity contribution in [3.63, 3.8) is 0 Å². The number of rotatable bonds is 5. The van der Waals surface area contributed by atoms with Crippen LogP contribution in [0.15, 0.2) is 144 Å². The third kappa shape index (κ3) is 4.47. The van der Waals surface area contributed by atoms with Crippen LogP contribution in [0.2, 0.25) is 5.11 Å². The molecule has 9 rings (SSSR count). The quantitative estimate of drug-likeness (QED) is 0.175. The van der Waals surface area contributed by atoms with E-state index in [-0.39, 0.29) is 10.3 Å². The molecule has 2 aromatic heterocycles. The van der Waals surface area contributed by atoms with E-state index in [1.807, 2.05) is 6.07 Å². The van der Waals surface area contributed by atoms with Gasteiger partial charge in [-0.05, 0) is 85.4 Å². The predicted octanol–water partition coefficient (Wildman–Crippen LogP) is 5.96. The van der Waals surface area contributed by atoms with Crippen LogP contribution in [0, 0.1) is 0 Å². The first kappa shape index (κ1) is 29.8. The Bertz CT molecular complexity index is 2700. The zero-order valence-corrected chi connectivity index (χ0v) is 28.6. The van der Waals surface area contributed by atoms with Gasteiger partial charge in [-0.1, -0.05) is 103 Å². The molecule has 2 heterocycles. The molecule has 0 N–H and O–H groups in total. The second-order valence-corrected chi connectivity index (χ2v) is 14.8. The summed E-state index contributed by atoms with van der Waals surface area (Å²) >= 11 is 0. The number of furan rings is 1. The summed E-state index contributed by atoms with van der Waals surface area (Å²) in [7, 11) is 11.6. The number of benzene rings is 7. The van der Waals surface area contributed by atoms with Gasteiger partial charge in [-0.15, -0.1) is 5.11 Å². The van der Waals surface area contributed by atoms with Crippen molar-refractivity contribution in [3.8, 4) is 27.9 Å². The molecule has 8 heteroatoms. The van der Waals surface area contributed by atoms with Crippen LogP contribution in [-0.4, -0.2) is 48.8 Å². The topological polar surface area (TPSA) is 31.0 Å². The van der Waals surface area contributed by atoms with Crippen molar-refractivity contribution in [3.05, 3.63) is 145 Å². The summed E-state index contributed by atoms with van der Waals surface area (Å²) in [5.74, 6) is 1.07. The van der Waals surface area contributed by atoms with Gasteiger partial charge in [0.05, 0.1) is 34.6 Å². The monoisotopic (exact) mass is 624 g/mol. The minimum absolute atomic E-state index is 0.00482. The number of fused-ring (bicyclic) bond motifs is 6. The van der Waals surface area contributed by atoms with Gasteiger partial charge in [-0.25, -0.2) is 4.98 Å². The highest BCUT2D eigenvalue weighted by molar-refractivity contribution is 6.67. The standard InChI is InChI=1S/C41H33B5N2O/c42-40(43,41(44,45)46)39-47-32-19-6-7-20-33(32)48(39)25-12-9-11-24(23-25)36-26-13-1-3-15-28(26)37(29-16-4-2-14-27(29)36)31-18-10-22-35-38(31)30-17-5-8-21-34(30)49-35/h1-23H,42-46H2. The van der Waals surface area contributed by atoms with Gasteiger partial charge in [0, 0.05) is 16.5 Å². The van der Waals surface area contributed by atoms with Gasteiger partial charge in [0.15, 0.2) is 0 Å². The summed E-state index contributed by atoms with van der Waals surface area (Å²) in [5.41, 5.74) is 9.91. The van der Waals surface area contributed by atoms with Crippen LogP contribution in [-0.2, 0) is 5.21 Å². The van der Waals surface area contributed by atoms with E-state index in [0.717, 1.165) is 44.5 Å². The number of hydrogen-bond donors (Lipinski definition) is 0. The van der Waals surface area contributed by atoms with E-state index in [0.29, 0.717) is 0 Å². The Morgan fingerprint density at radius 2 is 1.10 bits per heavy atom. The average Bonchev–Trinajstić information content (AvgIpc) is 3.70. The molecule has 0 saturated carbocycles. The first-order valence-electron chi connectivity index (χ1n) is 17.2. The minimum Gasteiger partial charge on any atom is -0.456 e. The minimum atomic E-state index is -0.193. The maximum absolute atomic E-state index is 6.36. The molecule has 0 atom stereocenters. The highest BCUT2D eigenvalue weighted by Gasteiger charge is 2.38. The van der Waals surface area contributed by atoms with Gasteiger partial charge >= 0.3 is 0 Å². The molecule has 228 valence electrons. The van der Waals surface area contributed by atoms with Crippen LogP contribution in [0.1, 0.15) is 5.82 Å². The van der Waals surface area contributed by atoms with Crippen molar-refractivity contribution in [1.29, 1.82) is 0 Å². The fourth-order valence-corrected chi connectivity index (χ4v) is 7.56. The highest BCUT2D eigenvalue weighted by Crippen LogP contribution is 2.47. The Balaban J connectivity index is 1.34. The van der Waals surface area contributed by atoms with Gasteiger partial charge in [-0.3, -0.25) is 4.57 Å². The van der Waals surface area contributed by atoms with Crippen LogP contribution in [0.4, 0.5) is 0 Å². The Hall–Kier alpha value is -5.35. The van der Waals surface area contributed by atoms with E-state index in [4.69, 9.17) is 9.40 Å². The lowest BCUT2D eigenvalue weighted by atomic mass is 9.23. The Kier molecular flexibility index (Phi) is 6.58. The highest BCUT2D eigenvalue weighted by atomic mass is 16.3. The van der Waals surface area contributed by atoms with Crippen molar-refractivity contribution in [2.75, 3.05) is 0 Å². The smallest absolute Gasteiger partial charge is 0.136 e. The lowest BCUT2D eigenvalue weighted by Crippen LogP contribution is -2.45. The van der Waals surface area contributed by atoms with Gasteiger partial charge in [-0.2, -0.15) is 0 Å². The SMILES string of the molecule is BC(B)(B)C(B)(B)c1nc2ccccc2n1-c1cccc(-c2c3ccccc3c(-c3cccc4oc5ccccc5c34)c3ccccc23)c1. The molecule has 7 aromatic carbocycles. The second kappa shape index (κ2) is 10.8. The average molecular weight is 624 g/mol. The largest absolute Gasteiger partial charge is 0.456 e. The molecule has 0 aliphatic rings. The van der Waals surface area contributed by atoms with Crippen LogP contribution in [0.5, 0.6) is 0 Å². The van der Waals surface area contributed by atoms with E-state index >= 15 is 0 Å². The molecule has 0 amide bonds. The molecule has 0 fully saturated rings. The molecule has 9 aromatic rings. The zero-order chi connectivity index (χ0) is 33.5. The first-order chi connectivity index (χ1) is 23.7. The summed E-state index contributed by atoms with van der Waals surface area (Å²) in [6.07, 6.45) is 0. The summed E-state index contributed by atoms with van der Waals surface area (Å²) in [4.78, 5) is 5.27. The molecule has 0 unspecified atom stereocenters. The molecule has 3 nitrogen and oxygen atoms in total. The van der Waals surface area contributed by atoms with E-state index < -0.39 is 0 Å². The molecule has 0 saturated heterocycles. The van der Waals surface area contributed by atoms with E-state index in [9.17, 15) is 0 Å². The van der Waals surface area contributed by atoms with E-state index in [2.05, 4.69) is 177 Å². The van der Waals surface area contributed by atoms with Crippen molar-refractivity contribution in [2.24, 2.45) is 0 Å². The van der Waals surface area contributed by atoms with Gasteiger partial charge in [0.1, 0.15) is 32.7 Å². The molecular formula is C41H33B5N2O. The summed E-state index contributed by atoms with van der Waals surface area (Å²) in [6.45, 7) is 0. The second-order valence-electron chi connectivity index (χ2n) is 14.8. The van der Waals surface area contributed by atoms with Gasteiger partial charge < -0.3 is 4.42 Å². The molecule has 0 aliphatic heterocycles. The third-order valence-corrected chi connectivity index (χ3v) is 11.0. The summed E-state index contributed by atoms with van der Waals surface area (Å²) in [6, 6.07) is 50.1. The van der Waals surface area contributed by atoms with Crippen LogP contribution in [0.25, 0.3) is 82.5 Å². The molecule has 0 spiro atoms. The molecular weight excluding hydrogens is 591 g/mol. The van der Waals surface area contributed by atoms with Crippen molar-refractivity contribution >= 4 is 93.7 Å². The fraction of sp³-hybridized carbons (Fsp3) is 0.0488. The van der Waals surface area contributed by atoms with Crippen LogP contribution >= 0.6 is 0 Å². The van der Waals surface area contributed by atoms with Gasteiger partial charge in [0.25, 0.3) is 0 Å². The molecule has 0 bridgehead atoms. The Morgan fingerprint density at radius 3 is 1.80 bits per heavy atom.